The minimum atomic E-state index is -3.66. The number of anilines is 1. The lowest BCUT2D eigenvalue weighted by molar-refractivity contribution is 0.452. The van der Waals surface area contributed by atoms with Crippen LogP contribution in [0.4, 0.5) is 5.82 Å². The van der Waals surface area contributed by atoms with Crippen LogP contribution in [-0.2, 0) is 10.0 Å². The van der Waals surface area contributed by atoms with Gasteiger partial charge in [-0.25, -0.2) is 18.1 Å². The van der Waals surface area contributed by atoms with E-state index in [9.17, 15) is 8.42 Å². The molecule has 0 amide bonds. The molecule has 18 heavy (non-hydrogen) atoms. The van der Waals surface area contributed by atoms with Crippen molar-refractivity contribution in [2.75, 3.05) is 18.8 Å². The van der Waals surface area contributed by atoms with Crippen LogP contribution in [0, 0.1) is 0 Å². The molecular formula is C10H15BrN4O2S. The molecule has 1 aliphatic rings. The maximum atomic E-state index is 12.3. The number of rotatable bonds is 3. The first kappa shape index (κ1) is 13.7. The van der Waals surface area contributed by atoms with Crippen molar-refractivity contribution in [2.24, 2.45) is 0 Å². The molecule has 0 spiro atoms. The Morgan fingerprint density at radius 1 is 1.61 bits per heavy atom. The molecule has 0 bridgehead atoms. The molecule has 0 saturated carbocycles. The Morgan fingerprint density at radius 2 is 2.33 bits per heavy atom. The van der Waals surface area contributed by atoms with E-state index in [4.69, 9.17) is 5.73 Å². The normalized spacial score (nSPS) is 24.3. The molecule has 1 atom stereocenters. The molecule has 1 aliphatic heterocycles. The molecule has 1 unspecified atom stereocenters. The van der Waals surface area contributed by atoms with Crippen LogP contribution in [0.25, 0.3) is 0 Å². The molecule has 2 heterocycles. The average molecular weight is 335 g/mol. The summed E-state index contributed by atoms with van der Waals surface area (Å²) >= 11 is 3.19. The van der Waals surface area contributed by atoms with Crippen LogP contribution < -0.4 is 15.8 Å². The number of hydrogen-bond acceptors (Lipinski definition) is 5. The molecule has 0 aromatic carbocycles. The number of pyridine rings is 1. The Balaban J connectivity index is 2.33. The maximum absolute atomic E-state index is 12.3. The Labute approximate surface area is 115 Å². The first-order chi connectivity index (χ1) is 8.32. The van der Waals surface area contributed by atoms with E-state index in [1.807, 2.05) is 6.92 Å². The molecule has 1 aromatic rings. The van der Waals surface area contributed by atoms with Gasteiger partial charge in [-0.1, -0.05) is 0 Å². The smallest absolute Gasteiger partial charge is 0.244 e. The van der Waals surface area contributed by atoms with E-state index in [0.29, 0.717) is 11.0 Å². The van der Waals surface area contributed by atoms with Gasteiger partial charge in [0.05, 0.1) is 0 Å². The minimum absolute atomic E-state index is 0.000237. The summed E-state index contributed by atoms with van der Waals surface area (Å²) in [5.41, 5.74) is 5.15. The summed E-state index contributed by atoms with van der Waals surface area (Å²) in [5, 5.41) is 3.13. The molecule has 6 nitrogen and oxygen atoms in total. The summed E-state index contributed by atoms with van der Waals surface area (Å²) in [4.78, 5) is 3.84. The number of nitrogens with one attached hydrogen (secondary N) is 2. The zero-order valence-electron chi connectivity index (χ0n) is 9.90. The largest absolute Gasteiger partial charge is 0.383 e. The predicted octanol–water partition coefficient (Wildman–Crippen LogP) is 0.457. The van der Waals surface area contributed by atoms with Crippen molar-refractivity contribution in [1.82, 2.24) is 15.0 Å². The van der Waals surface area contributed by atoms with Crippen LogP contribution in [0.1, 0.15) is 13.3 Å². The lowest BCUT2D eigenvalue weighted by Crippen LogP contribution is -2.47. The molecule has 1 saturated heterocycles. The molecule has 100 valence electrons. The summed E-state index contributed by atoms with van der Waals surface area (Å²) < 4.78 is 27.8. The molecule has 1 aromatic heterocycles. The van der Waals surface area contributed by atoms with E-state index < -0.39 is 15.6 Å². The average Bonchev–Trinajstić information content (AvgIpc) is 2.67. The van der Waals surface area contributed by atoms with Gasteiger partial charge in [0.15, 0.2) is 0 Å². The summed E-state index contributed by atoms with van der Waals surface area (Å²) in [6.45, 7) is 3.27. The van der Waals surface area contributed by atoms with Crippen molar-refractivity contribution in [2.45, 2.75) is 23.8 Å². The maximum Gasteiger partial charge on any atom is 0.244 e. The fourth-order valence-electron chi connectivity index (χ4n) is 1.93. The molecule has 8 heteroatoms. The molecule has 1 fully saturated rings. The van der Waals surface area contributed by atoms with Crippen LogP contribution >= 0.6 is 15.9 Å². The van der Waals surface area contributed by atoms with E-state index >= 15 is 0 Å². The van der Waals surface area contributed by atoms with Crippen molar-refractivity contribution in [3.8, 4) is 0 Å². The Hall–Kier alpha value is -0.700. The van der Waals surface area contributed by atoms with Gasteiger partial charge in [0.2, 0.25) is 10.0 Å². The van der Waals surface area contributed by atoms with Crippen LogP contribution in [0.15, 0.2) is 21.6 Å². The summed E-state index contributed by atoms with van der Waals surface area (Å²) in [6, 6.07) is 1.45. The Morgan fingerprint density at radius 3 is 2.94 bits per heavy atom. The molecule has 0 radical (unpaired) electrons. The zero-order chi connectivity index (χ0) is 13.4. The lowest BCUT2D eigenvalue weighted by Gasteiger charge is -2.24. The van der Waals surface area contributed by atoms with Gasteiger partial charge in [-0.3, -0.25) is 0 Å². The van der Waals surface area contributed by atoms with Crippen molar-refractivity contribution >= 4 is 31.8 Å². The molecule has 2 rings (SSSR count). The lowest BCUT2D eigenvalue weighted by atomic mass is 10.0. The molecular weight excluding hydrogens is 320 g/mol. The molecule has 4 N–H and O–H groups in total. The van der Waals surface area contributed by atoms with Crippen LogP contribution in [0.2, 0.25) is 0 Å². The highest BCUT2D eigenvalue weighted by Gasteiger charge is 2.34. The third kappa shape index (κ3) is 2.82. The van der Waals surface area contributed by atoms with Gasteiger partial charge in [0.1, 0.15) is 10.7 Å². The SMILES string of the molecule is CC1(NS(=O)(=O)c2cc(Br)cnc2N)CCNC1. The second-order valence-electron chi connectivity index (χ2n) is 4.63. The number of nitrogens with two attached hydrogens (primary N) is 1. The van der Waals surface area contributed by atoms with Crippen LogP contribution in [-0.4, -0.2) is 32.0 Å². The number of nitrogens with zero attached hydrogens (tertiary/aromatic N) is 1. The Kier molecular flexibility index (Phi) is 3.63. The highest BCUT2D eigenvalue weighted by Crippen LogP contribution is 2.23. The van der Waals surface area contributed by atoms with Crippen molar-refractivity contribution in [3.63, 3.8) is 0 Å². The number of halogens is 1. The quantitative estimate of drug-likeness (QED) is 0.745. The monoisotopic (exact) mass is 334 g/mol. The van der Waals surface area contributed by atoms with E-state index in [0.717, 1.165) is 13.0 Å². The van der Waals surface area contributed by atoms with E-state index in [1.54, 1.807) is 0 Å². The summed E-state index contributed by atoms with van der Waals surface area (Å²) in [5.74, 6) is 0.000237. The third-order valence-electron chi connectivity index (χ3n) is 2.89. The minimum Gasteiger partial charge on any atom is -0.383 e. The standard InChI is InChI=1S/C10H15BrN4O2S/c1-10(2-3-13-6-10)15-18(16,17)8-4-7(11)5-14-9(8)12/h4-5,13,15H,2-3,6H2,1H3,(H2,12,14). The van der Waals surface area contributed by atoms with Gasteiger partial charge in [-0.15, -0.1) is 0 Å². The van der Waals surface area contributed by atoms with Gasteiger partial charge < -0.3 is 11.1 Å². The first-order valence-corrected chi connectivity index (χ1v) is 7.76. The fourth-order valence-corrected chi connectivity index (χ4v) is 3.96. The predicted molar refractivity (Wildman–Crippen MR) is 72.6 cm³/mol. The van der Waals surface area contributed by atoms with Gasteiger partial charge in [0, 0.05) is 22.8 Å². The first-order valence-electron chi connectivity index (χ1n) is 5.48. The van der Waals surface area contributed by atoms with Crippen LogP contribution in [0.5, 0.6) is 0 Å². The highest BCUT2D eigenvalue weighted by atomic mass is 79.9. The fraction of sp³-hybridized carbons (Fsp3) is 0.500. The van der Waals surface area contributed by atoms with Crippen LogP contribution in [0.3, 0.4) is 0 Å². The van der Waals surface area contributed by atoms with E-state index in [2.05, 4.69) is 31.0 Å². The topological polar surface area (TPSA) is 97.1 Å². The van der Waals surface area contributed by atoms with Crippen molar-refractivity contribution in [3.05, 3.63) is 16.7 Å². The Bertz CT molecular complexity index is 555. The molecule has 0 aliphatic carbocycles. The number of aromatic nitrogens is 1. The van der Waals surface area contributed by atoms with Gasteiger partial charge in [-0.05, 0) is 41.9 Å². The van der Waals surface area contributed by atoms with Gasteiger partial charge in [-0.2, -0.15) is 0 Å². The second-order valence-corrected chi connectivity index (χ2v) is 7.20. The van der Waals surface area contributed by atoms with E-state index in [-0.39, 0.29) is 10.7 Å². The van der Waals surface area contributed by atoms with Crippen molar-refractivity contribution < 1.29 is 8.42 Å². The highest BCUT2D eigenvalue weighted by molar-refractivity contribution is 9.10. The zero-order valence-corrected chi connectivity index (χ0v) is 12.3. The van der Waals surface area contributed by atoms with Crippen molar-refractivity contribution in [1.29, 1.82) is 0 Å². The van der Waals surface area contributed by atoms with Gasteiger partial charge in [0.25, 0.3) is 0 Å². The second kappa shape index (κ2) is 4.76. The van der Waals surface area contributed by atoms with Gasteiger partial charge >= 0.3 is 0 Å². The number of nitrogen functional groups attached to an aromatic ring is 1. The number of sulfonamides is 1. The van der Waals surface area contributed by atoms with E-state index in [1.165, 1.54) is 12.3 Å². The summed E-state index contributed by atoms with van der Waals surface area (Å²) in [7, 11) is -3.66. The number of hydrogen-bond donors (Lipinski definition) is 3. The third-order valence-corrected chi connectivity index (χ3v) is 4.99. The summed E-state index contributed by atoms with van der Waals surface area (Å²) in [6.07, 6.45) is 2.21.